The zero-order chi connectivity index (χ0) is 14.4. The molecule has 0 radical (unpaired) electrons. The lowest BCUT2D eigenvalue weighted by Crippen LogP contribution is -2.14. The van der Waals surface area contributed by atoms with Crippen molar-refractivity contribution in [2.75, 3.05) is 6.61 Å². The number of benzene rings is 2. The van der Waals surface area contributed by atoms with Gasteiger partial charge in [-0.15, -0.1) is 0 Å². The second kappa shape index (κ2) is 7.01. The Balaban J connectivity index is 1.92. The minimum Gasteiger partial charge on any atom is -0.494 e. The fraction of sp³-hybridized carbons (Fsp3) is 0.250. The second-order valence-electron chi connectivity index (χ2n) is 4.40. The predicted molar refractivity (Wildman–Crippen MR) is 74.5 cm³/mol. The summed E-state index contributed by atoms with van der Waals surface area (Å²) in [5.74, 6) is -0.797. The normalized spacial score (nSPS) is 10.6. The van der Waals surface area contributed by atoms with Crippen LogP contribution in [0.3, 0.4) is 0 Å². The molecular weight excluding hydrogens is 260 g/mol. The van der Waals surface area contributed by atoms with Crippen molar-refractivity contribution in [2.24, 2.45) is 0 Å². The number of ether oxygens (including phenoxy) is 1. The van der Waals surface area contributed by atoms with E-state index < -0.39 is 11.6 Å². The van der Waals surface area contributed by atoms with E-state index in [0.717, 1.165) is 17.4 Å². The number of hydrogen-bond donors (Lipinski definition) is 1. The van der Waals surface area contributed by atoms with Gasteiger partial charge in [0, 0.05) is 18.7 Å². The Kier molecular flexibility index (Phi) is 5.07. The molecule has 2 rings (SSSR count). The van der Waals surface area contributed by atoms with Crippen molar-refractivity contribution in [1.82, 2.24) is 5.32 Å². The van der Waals surface area contributed by atoms with Gasteiger partial charge in [0.05, 0.1) is 6.61 Å². The van der Waals surface area contributed by atoms with Crippen LogP contribution in [-0.4, -0.2) is 6.61 Å². The van der Waals surface area contributed by atoms with Crippen molar-refractivity contribution in [3.8, 4) is 5.75 Å². The van der Waals surface area contributed by atoms with Crippen LogP contribution in [0, 0.1) is 11.6 Å². The largest absolute Gasteiger partial charge is 0.494 e. The van der Waals surface area contributed by atoms with Gasteiger partial charge in [-0.2, -0.15) is 0 Å². The molecule has 0 aromatic heterocycles. The highest BCUT2D eigenvalue weighted by Crippen LogP contribution is 2.14. The molecule has 0 unspecified atom stereocenters. The third-order valence-corrected chi connectivity index (χ3v) is 2.89. The number of halogens is 2. The van der Waals surface area contributed by atoms with Crippen LogP contribution in [0.15, 0.2) is 42.5 Å². The molecule has 2 aromatic rings. The summed E-state index contributed by atoms with van der Waals surface area (Å²) in [7, 11) is 0. The van der Waals surface area contributed by atoms with Crippen LogP contribution < -0.4 is 10.1 Å². The molecule has 4 heteroatoms. The van der Waals surface area contributed by atoms with E-state index in [1.807, 2.05) is 31.2 Å². The first kappa shape index (κ1) is 14.5. The van der Waals surface area contributed by atoms with Gasteiger partial charge in [0.2, 0.25) is 0 Å². The Morgan fingerprint density at radius 2 is 1.85 bits per heavy atom. The van der Waals surface area contributed by atoms with Crippen LogP contribution in [0.2, 0.25) is 0 Å². The second-order valence-corrected chi connectivity index (χ2v) is 4.40. The van der Waals surface area contributed by atoms with Gasteiger partial charge < -0.3 is 10.1 Å². The molecule has 0 aliphatic carbocycles. The van der Waals surface area contributed by atoms with Gasteiger partial charge in [0.25, 0.3) is 0 Å². The highest BCUT2D eigenvalue weighted by molar-refractivity contribution is 5.28. The Bertz CT molecular complexity index is 572. The molecule has 1 N–H and O–H groups in total. The lowest BCUT2D eigenvalue weighted by atomic mass is 10.2. The van der Waals surface area contributed by atoms with Crippen molar-refractivity contribution < 1.29 is 13.5 Å². The van der Waals surface area contributed by atoms with Crippen LogP contribution in [-0.2, 0) is 13.1 Å². The average Bonchev–Trinajstić information content (AvgIpc) is 2.44. The molecule has 0 saturated heterocycles. The van der Waals surface area contributed by atoms with Gasteiger partial charge in [-0.3, -0.25) is 0 Å². The van der Waals surface area contributed by atoms with E-state index in [0.29, 0.717) is 18.7 Å². The molecule has 0 aliphatic rings. The first-order valence-corrected chi connectivity index (χ1v) is 6.56. The van der Waals surface area contributed by atoms with E-state index in [9.17, 15) is 8.78 Å². The quantitative estimate of drug-likeness (QED) is 0.870. The molecule has 0 amide bonds. The summed E-state index contributed by atoms with van der Waals surface area (Å²) in [5, 5.41) is 3.09. The van der Waals surface area contributed by atoms with Gasteiger partial charge in [0.15, 0.2) is 11.6 Å². The van der Waals surface area contributed by atoms with Crippen LogP contribution in [0.5, 0.6) is 5.75 Å². The average molecular weight is 277 g/mol. The predicted octanol–water partition coefficient (Wildman–Crippen LogP) is 3.65. The smallest absolute Gasteiger partial charge is 0.163 e. The van der Waals surface area contributed by atoms with E-state index in [4.69, 9.17) is 4.74 Å². The summed E-state index contributed by atoms with van der Waals surface area (Å²) >= 11 is 0. The van der Waals surface area contributed by atoms with Gasteiger partial charge in [-0.1, -0.05) is 24.3 Å². The van der Waals surface area contributed by atoms with Crippen LogP contribution in [0.4, 0.5) is 8.78 Å². The molecule has 20 heavy (non-hydrogen) atoms. The summed E-state index contributed by atoms with van der Waals surface area (Å²) < 4.78 is 31.9. The lowest BCUT2D eigenvalue weighted by molar-refractivity contribution is 0.340. The van der Waals surface area contributed by atoms with Gasteiger partial charge >= 0.3 is 0 Å². The molecular formula is C16H17F2NO. The zero-order valence-electron chi connectivity index (χ0n) is 11.3. The maximum atomic E-state index is 13.5. The first-order chi connectivity index (χ1) is 9.70. The summed E-state index contributed by atoms with van der Waals surface area (Å²) in [6.45, 7) is 3.39. The molecule has 0 atom stereocenters. The van der Waals surface area contributed by atoms with Gasteiger partial charge in [-0.25, -0.2) is 8.78 Å². The van der Waals surface area contributed by atoms with Crippen molar-refractivity contribution in [3.63, 3.8) is 0 Å². The Hall–Kier alpha value is -1.94. The molecule has 0 aliphatic heterocycles. The SMILES string of the molecule is CCOc1cccc(CNCc2cccc(F)c2F)c1. The third kappa shape index (κ3) is 3.78. The summed E-state index contributed by atoms with van der Waals surface area (Å²) in [5.41, 5.74) is 1.36. The summed E-state index contributed by atoms with van der Waals surface area (Å²) in [6, 6.07) is 11.9. The zero-order valence-corrected chi connectivity index (χ0v) is 11.3. The topological polar surface area (TPSA) is 21.3 Å². The molecule has 2 aromatic carbocycles. The monoisotopic (exact) mass is 277 g/mol. The molecule has 0 heterocycles. The van der Waals surface area contributed by atoms with Crippen molar-refractivity contribution >= 4 is 0 Å². The van der Waals surface area contributed by atoms with E-state index in [1.165, 1.54) is 6.07 Å². The first-order valence-electron chi connectivity index (χ1n) is 6.56. The maximum Gasteiger partial charge on any atom is 0.163 e. The minimum absolute atomic E-state index is 0.280. The molecule has 0 bridgehead atoms. The number of nitrogens with one attached hydrogen (secondary N) is 1. The van der Waals surface area contributed by atoms with Crippen LogP contribution >= 0.6 is 0 Å². The van der Waals surface area contributed by atoms with Gasteiger partial charge in [0.1, 0.15) is 5.75 Å². The minimum atomic E-state index is -0.817. The van der Waals surface area contributed by atoms with Crippen molar-refractivity contribution in [2.45, 2.75) is 20.0 Å². The van der Waals surface area contributed by atoms with Gasteiger partial charge in [-0.05, 0) is 30.7 Å². The van der Waals surface area contributed by atoms with E-state index in [2.05, 4.69) is 5.32 Å². The highest BCUT2D eigenvalue weighted by atomic mass is 19.2. The third-order valence-electron chi connectivity index (χ3n) is 2.89. The Morgan fingerprint density at radius 1 is 1.05 bits per heavy atom. The van der Waals surface area contributed by atoms with Crippen molar-refractivity contribution in [3.05, 3.63) is 65.2 Å². The molecule has 0 fully saturated rings. The highest BCUT2D eigenvalue weighted by Gasteiger charge is 2.06. The molecule has 0 saturated carbocycles. The fourth-order valence-electron chi connectivity index (χ4n) is 1.94. The van der Waals surface area contributed by atoms with Crippen LogP contribution in [0.25, 0.3) is 0 Å². The van der Waals surface area contributed by atoms with E-state index in [-0.39, 0.29) is 6.54 Å². The Labute approximate surface area is 117 Å². The fourth-order valence-corrected chi connectivity index (χ4v) is 1.94. The molecule has 106 valence electrons. The maximum absolute atomic E-state index is 13.5. The Morgan fingerprint density at radius 3 is 2.65 bits per heavy atom. The summed E-state index contributed by atoms with van der Waals surface area (Å²) in [6.07, 6.45) is 0. The molecule has 0 spiro atoms. The summed E-state index contributed by atoms with van der Waals surface area (Å²) in [4.78, 5) is 0. The van der Waals surface area contributed by atoms with Crippen molar-refractivity contribution in [1.29, 1.82) is 0 Å². The van der Waals surface area contributed by atoms with Crippen LogP contribution in [0.1, 0.15) is 18.1 Å². The standard InChI is InChI=1S/C16H17F2NO/c1-2-20-14-7-3-5-12(9-14)10-19-11-13-6-4-8-15(17)16(13)18/h3-9,19H,2,10-11H2,1H3. The van der Waals surface area contributed by atoms with E-state index >= 15 is 0 Å². The lowest BCUT2D eigenvalue weighted by Gasteiger charge is -2.08. The molecule has 2 nitrogen and oxygen atoms in total. The van der Waals surface area contributed by atoms with E-state index in [1.54, 1.807) is 6.07 Å². The number of hydrogen-bond acceptors (Lipinski definition) is 2. The number of rotatable bonds is 6.